The standard InChI is InChI=1S/3C31H32O2/c1-21-7-13-29(19-23(21)3)32-27-15-9-25(10-16-27)31(5,6)26-11-17-28(18-12-26)33-30-14-8-22(2)24(4)20-30;1-21-9-7-11-29(23(21)3)32-27-17-13-25(14-18-27)31(5,6)26-15-19-28(20-16-26)33-30-12-8-10-22(2)24(30)4;1-21-10-15-29(20-23(21)3)32-27-16-11-25(12-17-27)31(5,6)26-13-18-28(19-14-26)33-30-9-7-8-22(2)24(30)4/h3*7-20H,1-6H3. The van der Waals surface area contributed by atoms with Crippen molar-refractivity contribution in [3.8, 4) is 69.0 Å². The number of aryl methyl sites for hydroxylation is 9. The Bertz CT molecular complexity index is 4510. The van der Waals surface area contributed by atoms with Gasteiger partial charge in [0.15, 0.2) is 0 Å². The molecule has 0 aliphatic carbocycles. The maximum Gasteiger partial charge on any atom is 0.130 e. The first-order chi connectivity index (χ1) is 47.2. The molecule has 0 amide bonds. The second-order valence-corrected chi connectivity index (χ2v) is 28.0. The number of ether oxygens (including phenoxy) is 6. The molecular weight excluding hydrogens is 1210 g/mol. The molecule has 12 aromatic rings. The van der Waals surface area contributed by atoms with Gasteiger partial charge in [-0.3, -0.25) is 0 Å². The summed E-state index contributed by atoms with van der Waals surface area (Å²) in [4.78, 5) is 0. The molecule has 0 fully saturated rings. The van der Waals surface area contributed by atoms with Gasteiger partial charge in [-0.1, -0.05) is 169 Å². The molecule has 6 nitrogen and oxygen atoms in total. The van der Waals surface area contributed by atoms with E-state index in [9.17, 15) is 0 Å². The van der Waals surface area contributed by atoms with Crippen molar-refractivity contribution in [3.63, 3.8) is 0 Å². The maximum atomic E-state index is 6.14. The SMILES string of the molecule is Cc1ccc(Oc2ccc(C(C)(C)c3ccc(Oc4ccc(C)c(C)c4)cc3)cc2)cc1C.Cc1ccc(Oc2ccc(C(C)(C)c3ccc(Oc4cccc(C)c4C)cc3)cc2)cc1C.Cc1cccc(Oc2ccc(C(C)(C)c3ccc(Oc4cccc(C)c4C)cc3)cc2)c1C. The monoisotopic (exact) mass is 1310 g/mol. The highest BCUT2D eigenvalue weighted by atomic mass is 16.5. The van der Waals surface area contributed by atoms with Crippen molar-refractivity contribution in [1.82, 2.24) is 0 Å². The van der Waals surface area contributed by atoms with Crippen LogP contribution in [0.4, 0.5) is 0 Å². The van der Waals surface area contributed by atoms with E-state index in [1.165, 1.54) is 100 Å². The Kier molecular flexibility index (Phi) is 22.2. The van der Waals surface area contributed by atoms with Gasteiger partial charge < -0.3 is 28.4 Å². The summed E-state index contributed by atoms with van der Waals surface area (Å²) in [5, 5.41) is 0. The normalized spacial score (nSPS) is 11.3. The molecule has 0 saturated carbocycles. The molecule has 0 heterocycles. The van der Waals surface area contributed by atoms with Crippen LogP contribution < -0.4 is 28.4 Å². The Balaban J connectivity index is 0.000000161. The van der Waals surface area contributed by atoms with Crippen molar-refractivity contribution in [3.05, 3.63) is 355 Å². The fraction of sp³-hybridized carbons (Fsp3) is 0.226. The van der Waals surface area contributed by atoms with Gasteiger partial charge >= 0.3 is 0 Å². The zero-order valence-electron chi connectivity index (χ0n) is 61.2. The fourth-order valence-corrected chi connectivity index (χ4v) is 11.8. The van der Waals surface area contributed by atoms with Crippen LogP contribution >= 0.6 is 0 Å². The Labute approximate surface area is 589 Å². The molecule has 0 unspecified atom stereocenters. The highest BCUT2D eigenvalue weighted by Crippen LogP contribution is 2.40. The largest absolute Gasteiger partial charge is 0.457 e. The van der Waals surface area contributed by atoms with Crippen LogP contribution in [-0.2, 0) is 16.2 Å². The summed E-state index contributed by atoms with van der Waals surface area (Å²) in [6.45, 7) is 38.7. The van der Waals surface area contributed by atoms with Crippen molar-refractivity contribution < 1.29 is 28.4 Å². The smallest absolute Gasteiger partial charge is 0.130 e. The first-order valence-electron chi connectivity index (χ1n) is 34.3. The Hall–Kier alpha value is -10.6. The summed E-state index contributed by atoms with van der Waals surface area (Å²) in [6, 6.07) is 87.4. The third-order valence-electron chi connectivity index (χ3n) is 19.9. The maximum absolute atomic E-state index is 6.14. The van der Waals surface area contributed by atoms with Crippen LogP contribution in [0.3, 0.4) is 0 Å². The summed E-state index contributed by atoms with van der Waals surface area (Å²) >= 11 is 0. The molecule has 0 aliphatic heterocycles. The highest BCUT2D eigenvalue weighted by molar-refractivity contribution is 5.51. The van der Waals surface area contributed by atoms with E-state index >= 15 is 0 Å². The van der Waals surface area contributed by atoms with Crippen LogP contribution in [0.2, 0.25) is 0 Å². The van der Waals surface area contributed by atoms with Gasteiger partial charge in [0.1, 0.15) is 69.0 Å². The first-order valence-corrected chi connectivity index (χ1v) is 34.3. The lowest BCUT2D eigenvalue weighted by atomic mass is 9.78. The van der Waals surface area contributed by atoms with Gasteiger partial charge in [-0.2, -0.15) is 0 Å². The zero-order valence-corrected chi connectivity index (χ0v) is 61.2. The van der Waals surface area contributed by atoms with Gasteiger partial charge in [-0.25, -0.2) is 0 Å². The third kappa shape index (κ3) is 17.6. The van der Waals surface area contributed by atoms with Crippen molar-refractivity contribution in [2.45, 2.75) is 141 Å². The average molecular weight is 1310 g/mol. The molecule has 504 valence electrons. The van der Waals surface area contributed by atoms with Crippen molar-refractivity contribution in [2.24, 2.45) is 0 Å². The van der Waals surface area contributed by atoms with E-state index in [0.717, 1.165) is 69.0 Å². The molecule has 0 bridgehead atoms. The van der Waals surface area contributed by atoms with Gasteiger partial charge in [0.25, 0.3) is 0 Å². The van der Waals surface area contributed by atoms with Gasteiger partial charge in [0, 0.05) is 16.2 Å². The first kappa shape index (κ1) is 71.2. The minimum Gasteiger partial charge on any atom is -0.457 e. The predicted molar refractivity (Wildman–Crippen MR) is 411 cm³/mol. The lowest BCUT2D eigenvalue weighted by Crippen LogP contribution is -2.18. The number of hydrogen-bond acceptors (Lipinski definition) is 6. The van der Waals surface area contributed by atoms with Crippen molar-refractivity contribution >= 4 is 0 Å². The van der Waals surface area contributed by atoms with E-state index in [0.29, 0.717) is 0 Å². The van der Waals surface area contributed by atoms with E-state index in [1.54, 1.807) is 0 Å². The van der Waals surface area contributed by atoms with E-state index in [4.69, 9.17) is 28.4 Å². The summed E-state index contributed by atoms with van der Waals surface area (Å²) in [5.74, 6) is 10.4. The topological polar surface area (TPSA) is 55.4 Å². The zero-order chi connectivity index (χ0) is 70.8. The summed E-state index contributed by atoms with van der Waals surface area (Å²) in [7, 11) is 0. The quantitative estimate of drug-likeness (QED) is 0.0853. The van der Waals surface area contributed by atoms with Crippen LogP contribution in [0, 0.1) is 83.1 Å². The molecule has 0 aliphatic rings. The van der Waals surface area contributed by atoms with E-state index in [-0.39, 0.29) is 16.2 Å². The fourth-order valence-electron chi connectivity index (χ4n) is 11.8. The number of rotatable bonds is 18. The highest BCUT2D eigenvalue weighted by Gasteiger charge is 2.26. The average Bonchev–Trinajstić information content (AvgIpc) is 0.809. The molecule has 12 rings (SSSR count). The van der Waals surface area contributed by atoms with Crippen LogP contribution in [0.5, 0.6) is 69.0 Å². The minimum atomic E-state index is -0.143. The molecule has 0 aromatic heterocycles. The summed E-state index contributed by atoms with van der Waals surface area (Å²) in [5.41, 5.74) is 21.7. The molecule has 0 spiro atoms. The third-order valence-corrected chi connectivity index (χ3v) is 19.9. The second-order valence-electron chi connectivity index (χ2n) is 28.0. The predicted octanol–water partition coefficient (Wildman–Crippen LogP) is 26.5. The number of benzene rings is 12. The molecule has 0 N–H and O–H groups in total. The number of hydrogen-bond donors (Lipinski definition) is 0. The molecular formula is C93H96O6. The minimum absolute atomic E-state index is 0.141. The van der Waals surface area contributed by atoms with E-state index in [1.807, 2.05) is 91.0 Å². The van der Waals surface area contributed by atoms with Crippen LogP contribution in [0.25, 0.3) is 0 Å². The lowest BCUT2D eigenvalue weighted by molar-refractivity contribution is 0.476. The van der Waals surface area contributed by atoms with Gasteiger partial charge in [-0.05, 0) is 311 Å². The Morgan fingerprint density at radius 1 is 0.172 bits per heavy atom. The van der Waals surface area contributed by atoms with Gasteiger partial charge in [0.05, 0.1) is 0 Å². The molecule has 0 saturated heterocycles. The van der Waals surface area contributed by atoms with Crippen molar-refractivity contribution in [2.75, 3.05) is 0 Å². The van der Waals surface area contributed by atoms with Crippen LogP contribution in [-0.4, -0.2) is 0 Å². The lowest BCUT2D eigenvalue weighted by Gasteiger charge is -2.26. The van der Waals surface area contributed by atoms with E-state index < -0.39 is 0 Å². The van der Waals surface area contributed by atoms with Crippen LogP contribution in [0.15, 0.2) is 255 Å². The second kappa shape index (κ2) is 30.9. The van der Waals surface area contributed by atoms with Crippen molar-refractivity contribution in [1.29, 1.82) is 0 Å². The van der Waals surface area contributed by atoms with E-state index in [2.05, 4.69) is 288 Å². The molecule has 6 heteroatoms. The summed E-state index contributed by atoms with van der Waals surface area (Å²) < 4.78 is 36.6. The molecule has 0 atom stereocenters. The van der Waals surface area contributed by atoms with Crippen LogP contribution in [0.1, 0.15) is 142 Å². The van der Waals surface area contributed by atoms with Gasteiger partial charge in [-0.15, -0.1) is 0 Å². The molecule has 0 radical (unpaired) electrons. The molecule has 99 heavy (non-hydrogen) atoms. The summed E-state index contributed by atoms with van der Waals surface area (Å²) in [6.07, 6.45) is 0. The Morgan fingerprint density at radius 3 is 0.545 bits per heavy atom. The molecule has 12 aromatic carbocycles. The van der Waals surface area contributed by atoms with Gasteiger partial charge in [0.2, 0.25) is 0 Å². The Morgan fingerprint density at radius 2 is 0.354 bits per heavy atom.